The third-order valence-corrected chi connectivity index (χ3v) is 3.63. The van der Waals surface area contributed by atoms with E-state index in [1.165, 1.54) is 4.88 Å². The number of aliphatic carboxylic acids is 1. The lowest BCUT2D eigenvalue weighted by atomic mass is 10.2. The summed E-state index contributed by atoms with van der Waals surface area (Å²) in [5, 5.41) is 12.5. The Kier molecular flexibility index (Phi) is 2.99. The van der Waals surface area contributed by atoms with E-state index in [4.69, 9.17) is 5.11 Å². The minimum absolute atomic E-state index is 0.916. The quantitative estimate of drug-likeness (QED) is 0.827. The van der Waals surface area contributed by atoms with Crippen molar-refractivity contribution in [3.8, 4) is 10.4 Å². The molecule has 0 unspecified atom stereocenters. The van der Waals surface area contributed by atoms with E-state index in [0.717, 1.165) is 16.5 Å². The number of carboxylic acid groups (broad SMARTS) is 1. The summed E-state index contributed by atoms with van der Waals surface area (Å²) in [6.45, 7) is 0. The van der Waals surface area contributed by atoms with Crippen LogP contribution in [0.2, 0.25) is 0 Å². The van der Waals surface area contributed by atoms with Crippen LogP contribution in [0.1, 0.15) is 4.88 Å². The molecule has 0 bridgehead atoms. The molecule has 0 aliphatic carbocycles. The first-order chi connectivity index (χ1) is 7.25. The monoisotopic (exact) mass is 236 g/mol. The summed E-state index contributed by atoms with van der Waals surface area (Å²) < 4.78 is 0. The molecule has 2 aromatic heterocycles. The largest absolute Gasteiger partial charge is 0.478 e. The molecule has 0 saturated heterocycles. The molecule has 2 aromatic rings. The van der Waals surface area contributed by atoms with Crippen molar-refractivity contribution in [1.82, 2.24) is 0 Å². The van der Waals surface area contributed by atoms with Crippen molar-refractivity contribution in [1.29, 1.82) is 0 Å². The van der Waals surface area contributed by atoms with Crippen molar-refractivity contribution in [3.63, 3.8) is 0 Å². The van der Waals surface area contributed by atoms with Gasteiger partial charge >= 0.3 is 5.97 Å². The first-order valence-electron chi connectivity index (χ1n) is 4.29. The van der Waals surface area contributed by atoms with E-state index in [2.05, 4.69) is 6.07 Å². The summed E-state index contributed by atoms with van der Waals surface area (Å²) in [6, 6.07) is 6.05. The molecule has 0 fully saturated rings. The van der Waals surface area contributed by atoms with E-state index in [1.54, 1.807) is 28.7 Å². The number of hydrogen-bond acceptors (Lipinski definition) is 3. The van der Waals surface area contributed by atoms with Crippen LogP contribution in [-0.4, -0.2) is 11.1 Å². The average molecular weight is 236 g/mol. The number of hydrogen-bond donors (Lipinski definition) is 1. The molecule has 0 atom stereocenters. The Labute approximate surface area is 95.1 Å². The second-order valence-corrected chi connectivity index (χ2v) is 4.78. The summed E-state index contributed by atoms with van der Waals surface area (Å²) >= 11 is 3.23. The van der Waals surface area contributed by atoms with E-state index in [9.17, 15) is 4.79 Å². The molecule has 0 radical (unpaired) electrons. The Morgan fingerprint density at radius 2 is 2.27 bits per heavy atom. The van der Waals surface area contributed by atoms with Crippen molar-refractivity contribution < 1.29 is 9.90 Å². The van der Waals surface area contributed by atoms with Crippen LogP contribution in [-0.2, 0) is 4.79 Å². The molecule has 0 aliphatic heterocycles. The fraction of sp³-hybridized carbons (Fsp3) is 0. The minimum Gasteiger partial charge on any atom is -0.478 e. The maximum atomic E-state index is 10.3. The van der Waals surface area contributed by atoms with Gasteiger partial charge < -0.3 is 5.11 Å². The molecule has 0 aromatic carbocycles. The zero-order chi connectivity index (χ0) is 10.7. The van der Waals surface area contributed by atoms with Crippen LogP contribution in [0.15, 0.2) is 35.0 Å². The topological polar surface area (TPSA) is 37.3 Å². The standard InChI is InChI=1S/C11H8O2S2/c12-11(13)4-3-9-6-8(7-15-9)10-2-1-5-14-10/h1-7H,(H,12,13)/b4-3+. The molecule has 2 rings (SSSR count). The van der Waals surface area contributed by atoms with Crippen LogP contribution < -0.4 is 0 Å². The number of carbonyl (C=O) groups is 1. The smallest absolute Gasteiger partial charge is 0.328 e. The lowest BCUT2D eigenvalue weighted by Crippen LogP contribution is -1.84. The van der Waals surface area contributed by atoms with Gasteiger partial charge in [0.2, 0.25) is 0 Å². The van der Waals surface area contributed by atoms with Crippen LogP contribution in [0, 0.1) is 0 Å². The van der Waals surface area contributed by atoms with Crippen LogP contribution >= 0.6 is 22.7 Å². The third kappa shape index (κ3) is 2.55. The number of carboxylic acids is 1. The van der Waals surface area contributed by atoms with Crippen LogP contribution in [0.5, 0.6) is 0 Å². The Morgan fingerprint density at radius 1 is 1.40 bits per heavy atom. The van der Waals surface area contributed by atoms with Crippen LogP contribution in [0.25, 0.3) is 16.5 Å². The average Bonchev–Trinajstić information content (AvgIpc) is 2.85. The van der Waals surface area contributed by atoms with Gasteiger partial charge in [-0.1, -0.05) is 6.07 Å². The molecule has 2 heterocycles. The highest BCUT2D eigenvalue weighted by atomic mass is 32.1. The molecular weight excluding hydrogens is 228 g/mol. The number of thiophene rings is 2. The van der Waals surface area contributed by atoms with Gasteiger partial charge in [0.25, 0.3) is 0 Å². The summed E-state index contributed by atoms with van der Waals surface area (Å²) in [4.78, 5) is 12.5. The fourth-order valence-corrected chi connectivity index (χ4v) is 2.75. The lowest BCUT2D eigenvalue weighted by Gasteiger charge is -1.86. The van der Waals surface area contributed by atoms with Crippen molar-refractivity contribution >= 4 is 34.7 Å². The van der Waals surface area contributed by atoms with Gasteiger partial charge in [-0.2, -0.15) is 0 Å². The first kappa shape index (κ1) is 10.1. The Morgan fingerprint density at radius 3 is 2.93 bits per heavy atom. The highest BCUT2D eigenvalue weighted by Crippen LogP contribution is 2.29. The molecule has 0 spiro atoms. The Balaban J connectivity index is 2.21. The van der Waals surface area contributed by atoms with Gasteiger partial charge in [-0.3, -0.25) is 0 Å². The normalized spacial score (nSPS) is 10.9. The minimum atomic E-state index is -0.916. The third-order valence-electron chi connectivity index (χ3n) is 1.82. The second-order valence-electron chi connectivity index (χ2n) is 2.89. The maximum Gasteiger partial charge on any atom is 0.328 e. The molecular formula is C11H8O2S2. The first-order valence-corrected chi connectivity index (χ1v) is 6.05. The summed E-state index contributed by atoms with van der Waals surface area (Å²) in [6.07, 6.45) is 2.77. The molecule has 2 nitrogen and oxygen atoms in total. The molecule has 0 saturated carbocycles. The predicted octanol–water partition coefficient (Wildman–Crippen LogP) is 3.57. The SMILES string of the molecule is O=C(O)/C=C/c1cc(-c2cccs2)cs1. The molecule has 0 amide bonds. The molecule has 1 N–H and O–H groups in total. The Hall–Kier alpha value is -1.39. The summed E-state index contributed by atoms with van der Waals surface area (Å²) in [5.74, 6) is -0.916. The maximum absolute atomic E-state index is 10.3. The van der Waals surface area contributed by atoms with Gasteiger partial charge in [-0.05, 0) is 29.0 Å². The lowest BCUT2D eigenvalue weighted by molar-refractivity contribution is -0.131. The Bertz CT molecular complexity index is 480. The summed E-state index contributed by atoms with van der Waals surface area (Å²) in [5.41, 5.74) is 1.15. The van der Waals surface area contributed by atoms with E-state index in [1.807, 2.05) is 22.9 Å². The van der Waals surface area contributed by atoms with Crippen molar-refractivity contribution in [2.24, 2.45) is 0 Å². The fourth-order valence-electron chi connectivity index (χ4n) is 1.17. The van der Waals surface area contributed by atoms with Crippen LogP contribution in [0.4, 0.5) is 0 Å². The summed E-state index contributed by atoms with van der Waals surface area (Å²) in [7, 11) is 0. The molecule has 4 heteroatoms. The van der Waals surface area contributed by atoms with E-state index in [-0.39, 0.29) is 0 Å². The van der Waals surface area contributed by atoms with Gasteiger partial charge in [0.15, 0.2) is 0 Å². The van der Waals surface area contributed by atoms with Crippen LogP contribution in [0.3, 0.4) is 0 Å². The van der Waals surface area contributed by atoms with Crippen molar-refractivity contribution in [2.75, 3.05) is 0 Å². The van der Waals surface area contributed by atoms with Crippen molar-refractivity contribution in [2.45, 2.75) is 0 Å². The molecule has 76 valence electrons. The molecule has 15 heavy (non-hydrogen) atoms. The number of rotatable bonds is 3. The zero-order valence-corrected chi connectivity index (χ0v) is 9.35. The highest BCUT2D eigenvalue weighted by Gasteiger charge is 2.01. The van der Waals surface area contributed by atoms with E-state index in [0.29, 0.717) is 0 Å². The van der Waals surface area contributed by atoms with Crippen molar-refractivity contribution in [3.05, 3.63) is 39.9 Å². The van der Waals surface area contributed by atoms with E-state index >= 15 is 0 Å². The molecule has 0 aliphatic rings. The zero-order valence-electron chi connectivity index (χ0n) is 7.71. The van der Waals surface area contributed by atoms with Gasteiger partial charge in [0.1, 0.15) is 0 Å². The predicted molar refractivity (Wildman–Crippen MR) is 64.3 cm³/mol. The van der Waals surface area contributed by atoms with E-state index < -0.39 is 5.97 Å². The van der Waals surface area contributed by atoms with Gasteiger partial charge in [0, 0.05) is 21.4 Å². The second kappa shape index (κ2) is 4.42. The highest BCUT2D eigenvalue weighted by molar-refractivity contribution is 7.15. The van der Waals surface area contributed by atoms with Gasteiger partial charge in [0.05, 0.1) is 0 Å². The van der Waals surface area contributed by atoms with Gasteiger partial charge in [-0.15, -0.1) is 22.7 Å². The van der Waals surface area contributed by atoms with Gasteiger partial charge in [-0.25, -0.2) is 4.79 Å².